The highest BCUT2D eigenvalue weighted by molar-refractivity contribution is 5.68. The maximum absolute atomic E-state index is 11.8. The molecule has 1 saturated carbocycles. The van der Waals surface area contributed by atoms with Gasteiger partial charge in [0, 0.05) is 23.3 Å². The second kappa shape index (κ2) is 5.73. The highest BCUT2D eigenvalue weighted by atomic mass is 16.5. The molecule has 0 spiro atoms. The quantitative estimate of drug-likeness (QED) is 0.773. The third kappa shape index (κ3) is 2.33. The fourth-order valence-corrected chi connectivity index (χ4v) is 5.57. The normalized spacial score (nSPS) is 41.4. The molecule has 6 atom stereocenters. The lowest BCUT2D eigenvalue weighted by atomic mass is 9.50. The molecule has 4 nitrogen and oxygen atoms in total. The molecular formula is C21H28O4. The van der Waals surface area contributed by atoms with Gasteiger partial charge in [0.05, 0.1) is 19.3 Å². The second-order valence-electron chi connectivity index (χ2n) is 8.35. The van der Waals surface area contributed by atoms with Gasteiger partial charge in [0.15, 0.2) is 0 Å². The van der Waals surface area contributed by atoms with Crippen molar-refractivity contribution in [3.05, 3.63) is 29.8 Å². The highest BCUT2D eigenvalue weighted by Crippen LogP contribution is 2.63. The zero-order valence-electron chi connectivity index (χ0n) is 15.6. The molecular weight excluding hydrogens is 316 g/mol. The first-order chi connectivity index (χ1) is 11.9. The molecule has 25 heavy (non-hydrogen) atoms. The Kier molecular flexibility index (Phi) is 3.87. The Morgan fingerprint density at radius 3 is 2.84 bits per heavy atom. The fourth-order valence-electron chi connectivity index (χ4n) is 5.57. The van der Waals surface area contributed by atoms with E-state index in [4.69, 9.17) is 14.2 Å². The van der Waals surface area contributed by atoms with Crippen LogP contribution in [-0.2, 0) is 14.3 Å². The fraction of sp³-hybridized carbons (Fsp3) is 0.667. The number of rotatable bonds is 3. The molecule has 0 N–H and O–H groups in total. The third-order valence-corrected chi connectivity index (χ3v) is 7.06. The summed E-state index contributed by atoms with van der Waals surface area (Å²) in [6.45, 7) is 9.70. The first kappa shape index (κ1) is 16.9. The van der Waals surface area contributed by atoms with Crippen LogP contribution in [0.1, 0.15) is 52.2 Å². The smallest absolute Gasteiger partial charge is 0.305 e. The Bertz CT molecular complexity index is 686. The van der Waals surface area contributed by atoms with Gasteiger partial charge in [-0.05, 0) is 31.2 Å². The predicted molar refractivity (Wildman–Crippen MR) is 94.3 cm³/mol. The van der Waals surface area contributed by atoms with Crippen LogP contribution >= 0.6 is 0 Å². The molecule has 1 aromatic rings. The van der Waals surface area contributed by atoms with Crippen molar-refractivity contribution in [1.82, 2.24) is 0 Å². The van der Waals surface area contributed by atoms with E-state index in [1.807, 2.05) is 13.0 Å². The van der Waals surface area contributed by atoms with Crippen molar-refractivity contribution in [2.45, 2.75) is 52.2 Å². The van der Waals surface area contributed by atoms with E-state index < -0.39 is 0 Å². The van der Waals surface area contributed by atoms with Crippen LogP contribution in [0, 0.1) is 23.2 Å². The molecule has 2 bridgehead atoms. The second-order valence-corrected chi connectivity index (χ2v) is 8.35. The molecule has 1 aromatic carbocycles. The summed E-state index contributed by atoms with van der Waals surface area (Å²) < 4.78 is 18.6. The Morgan fingerprint density at radius 1 is 1.32 bits per heavy atom. The van der Waals surface area contributed by atoms with Gasteiger partial charge in [-0.25, -0.2) is 0 Å². The van der Waals surface area contributed by atoms with Crippen LogP contribution in [0.4, 0.5) is 0 Å². The van der Waals surface area contributed by atoms with E-state index in [1.165, 1.54) is 0 Å². The van der Waals surface area contributed by atoms with Crippen molar-refractivity contribution in [2.75, 3.05) is 13.2 Å². The molecule has 2 heterocycles. The summed E-state index contributed by atoms with van der Waals surface area (Å²) in [5.41, 5.74) is 0.794. The van der Waals surface area contributed by atoms with E-state index in [-0.39, 0.29) is 29.0 Å². The Morgan fingerprint density at radius 2 is 2.08 bits per heavy atom. The van der Waals surface area contributed by atoms with Crippen molar-refractivity contribution in [3.8, 4) is 5.75 Å². The lowest BCUT2D eigenvalue weighted by molar-refractivity contribution is -0.262. The maximum atomic E-state index is 11.8. The largest absolute Gasteiger partial charge is 0.487 e. The molecule has 1 aliphatic carbocycles. The van der Waals surface area contributed by atoms with Gasteiger partial charge in [-0.15, -0.1) is 0 Å². The van der Waals surface area contributed by atoms with Gasteiger partial charge >= 0.3 is 5.97 Å². The minimum atomic E-state index is -0.240. The standard InChI is InChI=1S/C21H28O4/c1-5-17(22)23-11-21-12-24-19-15-8-6-7-9-16(15)25-20(4,10-13(21)2)18(19)14(21)3/h6-9,13-14,18-19H,5,10-12H2,1-4H3/t13-,14-,18+,19-,20+,21-/m0/s1. The SMILES string of the molecule is CCC(=O)OC[C@]12CO[C@H]3c4ccccc4O[C@](C)(C[C@@H]1C)[C@@H]3[C@@H]2C. The average Bonchev–Trinajstić information content (AvgIpc) is 2.59. The summed E-state index contributed by atoms with van der Waals surface area (Å²) in [4.78, 5) is 11.8. The van der Waals surface area contributed by atoms with Gasteiger partial charge < -0.3 is 14.2 Å². The molecule has 4 heteroatoms. The first-order valence-corrected chi connectivity index (χ1v) is 9.46. The van der Waals surface area contributed by atoms with Crippen LogP contribution in [-0.4, -0.2) is 24.8 Å². The summed E-state index contributed by atoms with van der Waals surface area (Å²) in [5.74, 6) is 1.82. The molecule has 4 rings (SSSR count). The van der Waals surface area contributed by atoms with Crippen LogP contribution in [0.15, 0.2) is 24.3 Å². The third-order valence-electron chi connectivity index (χ3n) is 7.06. The topological polar surface area (TPSA) is 44.8 Å². The molecule has 2 aliphatic heterocycles. The minimum absolute atomic E-state index is 0.0625. The van der Waals surface area contributed by atoms with Crippen LogP contribution in [0.3, 0.4) is 0 Å². The number of esters is 1. The first-order valence-electron chi connectivity index (χ1n) is 9.46. The minimum Gasteiger partial charge on any atom is -0.487 e. The molecule has 3 aliphatic rings. The molecule has 0 radical (unpaired) electrons. The Hall–Kier alpha value is -1.55. The molecule has 2 fully saturated rings. The lowest BCUT2D eigenvalue weighted by Gasteiger charge is -2.63. The van der Waals surface area contributed by atoms with Crippen molar-refractivity contribution < 1.29 is 19.0 Å². The van der Waals surface area contributed by atoms with Crippen LogP contribution in [0.2, 0.25) is 0 Å². The predicted octanol–water partition coefficient (Wildman–Crippen LogP) is 4.14. The number of benzene rings is 1. The number of hydrogen-bond donors (Lipinski definition) is 0. The monoisotopic (exact) mass is 344 g/mol. The van der Waals surface area contributed by atoms with E-state index in [1.54, 1.807) is 0 Å². The summed E-state index contributed by atoms with van der Waals surface area (Å²) in [6, 6.07) is 8.24. The van der Waals surface area contributed by atoms with Gasteiger partial charge in [-0.2, -0.15) is 0 Å². The van der Waals surface area contributed by atoms with Gasteiger partial charge in [-0.3, -0.25) is 4.79 Å². The molecule has 0 unspecified atom stereocenters. The van der Waals surface area contributed by atoms with E-state index >= 15 is 0 Å². The van der Waals surface area contributed by atoms with Crippen molar-refractivity contribution >= 4 is 5.97 Å². The van der Waals surface area contributed by atoms with Crippen molar-refractivity contribution in [1.29, 1.82) is 0 Å². The maximum Gasteiger partial charge on any atom is 0.305 e. The van der Waals surface area contributed by atoms with E-state index in [0.29, 0.717) is 31.5 Å². The number of carbonyl (C=O) groups excluding carboxylic acids is 1. The summed E-state index contributed by atoms with van der Waals surface area (Å²) in [6.07, 6.45) is 1.44. The summed E-state index contributed by atoms with van der Waals surface area (Å²) in [5, 5.41) is 0. The highest BCUT2D eigenvalue weighted by Gasteiger charge is 2.64. The average molecular weight is 344 g/mol. The molecule has 1 saturated heterocycles. The van der Waals surface area contributed by atoms with Crippen molar-refractivity contribution in [3.63, 3.8) is 0 Å². The summed E-state index contributed by atoms with van der Waals surface area (Å²) >= 11 is 0. The number of para-hydroxylation sites is 1. The van der Waals surface area contributed by atoms with Crippen LogP contribution < -0.4 is 4.74 Å². The van der Waals surface area contributed by atoms with Gasteiger partial charge in [-0.1, -0.05) is 39.0 Å². The Balaban J connectivity index is 1.72. The molecule has 136 valence electrons. The van der Waals surface area contributed by atoms with Gasteiger partial charge in [0.2, 0.25) is 0 Å². The van der Waals surface area contributed by atoms with Crippen molar-refractivity contribution in [2.24, 2.45) is 23.2 Å². The molecule has 0 aromatic heterocycles. The number of ether oxygens (including phenoxy) is 3. The Labute approximate surface area is 149 Å². The summed E-state index contributed by atoms with van der Waals surface area (Å²) in [7, 11) is 0. The lowest BCUT2D eigenvalue weighted by Crippen LogP contribution is -2.66. The number of fused-ring (bicyclic) bond motifs is 3. The number of carbonyl (C=O) groups is 1. The van der Waals surface area contributed by atoms with Gasteiger partial charge in [0.1, 0.15) is 11.4 Å². The van der Waals surface area contributed by atoms with E-state index in [9.17, 15) is 4.79 Å². The van der Waals surface area contributed by atoms with E-state index in [2.05, 4.69) is 39.0 Å². The zero-order chi connectivity index (χ0) is 17.8. The van der Waals surface area contributed by atoms with Crippen LogP contribution in [0.5, 0.6) is 5.75 Å². The number of hydrogen-bond acceptors (Lipinski definition) is 4. The molecule has 0 amide bonds. The van der Waals surface area contributed by atoms with Gasteiger partial charge in [0.25, 0.3) is 0 Å². The van der Waals surface area contributed by atoms with Crippen LogP contribution in [0.25, 0.3) is 0 Å². The zero-order valence-corrected chi connectivity index (χ0v) is 15.6. The van der Waals surface area contributed by atoms with E-state index in [0.717, 1.165) is 17.7 Å².